The van der Waals surface area contributed by atoms with E-state index in [1.807, 2.05) is 0 Å². The molecule has 0 atom stereocenters. The van der Waals surface area contributed by atoms with Gasteiger partial charge in [0.2, 0.25) is 0 Å². The highest BCUT2D eigenvalue weighted by atomic mass is 16.5. The van der Waals surface area contributed by atoms with E-state index in [9.17, 15) is 9.59 Å². The largest absolute Gasteiger partial charge is 0.493 e. The Labute approximate surface area is 160 Å². The van der Waals surface area contributed by atoms with Gasteiger partial charge in [0.25, 0.3) is 11.8 Å². The standard InChI is InChI=1S/C19H18N4O5/c1-11-9-17(23-28-11)22-19(25)14-6-4-5-13(21-14)18(24)20-12-7-8-15(26-2)16(10-12)27-3/h4-10H,1-3H3,(H,20,24)(H,22,23,25). The predicted molar refractivity (Wildman–Crippen MR) is 101 cm³/mol. The van der Waals surface area contributed by atoms with Crippen LogP contribution in [-0.4, -0.2) is 36.2 Å². The lowest BCUT2D eigenvalue weighted by atomic mass is 10.2. The number of carbonyl (C=O) groups is 2. The van der Waals surface area contributed by atoms with E-state index in [1.54, 1.807) is 37.3 Å². The molecule has 0 radical (unpaired) electrons. The average Bonchev–Trinajstić information content (AvgIpc) is 3.12. The minimum absolute atomic E-state index is 0.0700. The summed E-state index contributed by atoms with van der Waals surface area (Å²) in [5.74, 6) is 0.869. The molecule has 0 fully saturated rings. The molecule has 0 bridgehead atoms. The second-order valence-corrected chi connectivity index (χ2v) is 5.71. The first-order chi connectivity index (χ1) is 13.5. The van der Waals surface area contributed by atoms with E-state index < -0.39 is 11.8 Å². The summed E-state index contributed by atoms with van der Waals surface area (Å²) < 4.78 is 15.3. The Morgan fingerprint density at radius 1 is 0.929 bits per heavy atom. The summed E-state index contributed by atoms with van der Waals surface area (Å²) in [7, 11) is 3.03. The third-order valence-electron chi connectivity index (χ3n) is 3.73. The number of benzene rings is 1. The maximum absolute atomic E-state index is 12.5. The number of pyridine rings is 1. The van der Waals surface area contributed by atoms with Gasteiger partial charge in [0.15, 0.2) is 17.3 Å². The molecule has 0 aliphatic heterocycles. The Hall–Kier alpha value is -3.88. The Kier molecular flexibility index (Phi) is 5.54. The van der Waals surface area contributed by atoms with Crippen molar-refractivity contribution in [3.8, 4) is 11.5 Å². The van der Waals surface area contributed by atoms with Crippen molar-refractivity contribution in [2.45, 2.75) is 6.92 Å². The van der Waals surface area contributed by atoms with Gasteiger partial charge < -0.3 is 24.6 Å². The third kappa shape index (κ3) is 4.26. The Morgan fingerprint density at radius 3 is 2.21 bits per heavy atom. The van der Waals surface area contributed by atoms with Crippen LogP contribution in [0.1, 0.15) is 26.7 Å². The van der Waals surface area contributed by atoms with Gasteiger partial charge in [-0.15, -0.1) is 0 Å². The molecule has 0 spiro atoms. The van der Waals surface area contributed by atoms with E-state index in [2.05, 4.69) is 20.8 Å². The van der Waals surface area contributed by atoms with E-state index >= 15 is 0 Å². The maximum Gasteiger partial charge on any atom is 0.275 e. The number of anilines is 2. The van der Waals surface area contributed by atoms with Crippen LogP contribution in [0.3, 0.4) is 0 Å². The topological polar surface area (TPSA) is 116 Å². The Morgan fingerprint density at radius 2 is 1.61 bits per heavy atom. The molecule has 1 aromatic carbocycles. The number of nitrogens with one attached hydrogen (secondary N) is 2. The smallest absolute Gasteiger partial charge is 0.275 e. The van der Waals surface area contributed by atoms with Gasteiger partial charge in [0, 0.05) is 17.8 Å². The number of ether oxygens (including phenoxy) is 2. The fourth-order valence-corrected chi connectivity index (χ4v) is 2.40. The Balaban J connectivity index is 1.74. The third-order valence-corrected chi connectivity index (χ3v) is 3.73. The van der Waals surface area contributed by atoms with Gasteiger partial charge in [0.1, 0.15) is 17.1 Å². The molecule has 0 unspecified atom stereocenters. The van der Waals surface area contributed by atoms with Gasteiger partial charge in [-0.25, -0.2) is 4.98 Å². The summed E-state index contributed by atoms with van der Waals surface area (Å²) >= 11 is 0. The average molecular weight is 382 g/mol. The van der Waals surface area contributed by atoms with Crippen molar-refractivity contribution >= 4 is 23.3 Å². The van der Waals surface area contributed by atoms with Gasteiger partial charge in [-0.1, -0.05) is 11.2 Å². The first kappa shape index (κ1) is 18.9. The van der Waals surface area contributed by atoms with Crippen molar-refractivity contribution in [3.63, 3.8) is 0 Å². The molecule has 2 amide bonds. The second-order valence-electron chi connectivity index (χ2n) is 5.71. The van der Waals surface area contributed by atoms with Crippen molar-refractivity contribution in [2.24, 2.45) is 0 Å². The van der Waals surface area contributed by atoms with Crippen LogP contribution in [-0.2, 0) is 0 Å². The van der Waals surface area contributed by atoms with Crippen molar-refractivity contribution in [2.75, 3.05) is 24.9 Å². The molecule has 0 saturated heterocycles. The van der Waals surface area contributed by atoms with Crippen LogP contribution < -0.4 is 20.1 Å². The molecule has 3 rings (SSSR count). The Bertz CT molecular complexity index is 1020. The molecule has 144 valence electrons. The molecule has 0 aliphatic carbocycles. The van der Waals surface area contributed by atoms with E-state index in [0.29, 0.717) is 22.9 Å². The quantitative estimate of drug-likeness (QED) is 0.673. The minimum atomic E-state index is -0.505. The SMILES string of the molecule is COc1ccc(NC(=O)c2cccc(C(=O)Nc3cc(C)on3)n2)cc1OC. The molecule has 28 heavy (non-hydrogen) atoms. The van der Waals surface area contributed by atoms with Crippen LogP contribution in [0.4, 0.5) is 11.5 Å². The molecule has 2 aromatic heterocycles. The van der Waals surface area contributed by atoms with E-state index in [1.165, 1.54) is 26.4 Å². The fourth-order valence-electron chi connectivity index (χ4n) is 2.40. The van der Waals surface area contributed by atoms with Crippen LogP contribution in [0.15, 0.2) is 47.0 Å². The number of aryl methyl sites for hydroxylation is 1. The second kappa shape index (κ2) is 8.21. The van der Waals surface area contributed by atoms with E-state index in [-0.39, 0.29) is 17.2 Å². The molecule has 2 heterocycles. The molecular formula is C19H18N4O5. The molecule has 0 aliphatic rings. The predicted octanol–water partition coefficient (Wildman–Crippen LogP) is 2.90. The molecule has 9 nitrogen and oxygen atoms in total. The summed E-state index contributed by atoms with van der Waals surface area (Å²) in [5, 5.41) is 8.95. The number of hydrogen-bond donors (Lipinski definition) is 2. The molecule has 2 N–H and O–H groups in total. The van der Waals surface area contributed by atoms with Crippen molar-refractivity contribution in [3.05, 3.63) is 59.6 Å². The van der Waals surface area contributed by atoms with E-state index in [0.717, 1.165) is 0 Å². The molecule has 0 saturated carbocycles. The van der Waals surface area contributed by atoms with Crippen LogP contribution in [0, 0.1) is 6.92 Å². The minimum Gasteiger partial charge on any atom is -0.493 e. The summed E-state index contributed by atoms with van der Waals surface area (Å²) in [5.41, 5.74) is 0.650. The summed E-state index contributed by atoms with van der Waals surface area (Å²) in [6.07, 6.45) is 0. The van der Waals surface area contributed by atoms with Gasteiger partial charge >= 0.3 is 0 Å². The number of rotatable bonds is 6. The maximum atomic E-state index is 12.5. The van der Waals surface area contributed by atoms with Crippen molar-refractivity contribution in [1.29, 1.82) is 0 Å². The number of methoxy groups -OCH3 is 2. The highest BCUT2D eigenvalue weighted by Crippen LogP contribution is 2.29. The first-order valence-corrected chi connectivity index (χ1v) is 8.25. The molecule has 9 heteroatoms. The number of nitrogens with zero attached hydrogens (tertiary/aromatic N) is 2. The van der Waals surface area contributed by atoms with Crippen molar-refractivity contribution in [1.82, 2.24) is 10.1 Å². The van der Waals surface area contributed by atoms with E-state index in [4.69, 9.17) is 14.0 Å². The lowest BCUT2D eigenvalue weighted by Crippen LogP contribution is -2.18. The lowest BCUT2D eigenvalue weighted by Gasteiger charge is -2.10. The van der Waals surface area contributed by atoms with Gasteiger partial charge in [-0.05, 0) is 31.2 Å². The lowest BCUT2D eigenvalue weighted by molar-refractivity contribution is 0.101. The molecule has 3 aromatic rings. The van der Waals surface area contributed by atoms with Crippen LogP contribution in [0.2, 0.25) is 0 Å². The monoisotopic (exact) mass is 382 g/mol. The number of carbonyl (C=O) groups excluding carboxylic acids is 2. The summed E-state index contributed by atoms with van der Waals surface area (Å²) in [6.45, 7) is 1.71. The van der Waals surface area contributed by atoms with Gasteiger partial charge in [0.05, 0.1) is 14.2 Å². The highest BCUT2D eigenvalue weighted by Gasteiger charge is 2.15. The summed E-state index contributed by atoms with van der Waals surface area (Å²) in [6, 6.07) is 11.1. The van der Waals surface area contributed by atoms with Gasteiger partial charge in [-0.2, -0.15) is 0 Å². The fraction of sp³-hybridized carbons (Fsp3) is 0.158. The zero-order valence-corrected chi connectivity index (χ0v) is 15.5. The first-order valence-electron chi connectivity index (χ1n) is 8.25. The van der Waals surface area contributed by atoms with Gasteiger partial charge in [-0.3, -0.25) is 9.59 Å². The summed E-state index contributed by atoms with van der Waals surface area (Å²) in [4.78, 5) is 28.9. The zero-order valence-electron chi connectivity index (χ0n) is 15.5. The van der Waals surface area contributed by atoms with Crippen LogP contribution in [0.5, 0.6) is 11.5 Å². The van der Waals surface area contributed by atoms with Crippen molar-refractivity contribution < 1.29 is 23.6 Å². The van der Waals surface area contributed by atoms with Crippen LogP contribution >= 0.6 is 0 Å². The number of amides is 2. The normalized spacial score (nSPS) is 10.2. The highest BCUT2D eigenvalue weighted by molar-refractivity contribution is 6.06. The number of aromatic nitrogens is 2. The molecular weight excluding hydrogens is 364 g/mol. The zero-order chi connectivity index (χ0) is 20.1. The van der Waals surface area contributed by atoms with Crippen LogP contribution in [0.25, 0.3) is 0 Å². The number of hydrogen-bond acceptors (Lipinski definition) is 7.